The van der Waals surface area contributed by atoms with E-state index >= 15 is 0 Å². The van der Waals surface area contributed by atoms with Crippen LogP contribution in [0.3, 0.4) is 0 Å². The van der Waals surface area contributed by atoms with E-state index < -0.39 is 9.84 Å². The Morgan fingerprint density at radius 3 is 2.45 bits per heavy atom. The summed E-state index contributed by atoms with van der Waals surface area (Å²) in [5, 5.41) is 2.64. The quantitative estimate of drug-likeness (QED) is 0.485. The molecule has 3 heterocycles. The van der Waals surface area contributed by atoms with E-state index in [4.69, 9.17) is 9.47 Å². The van der Waals surface area contributed by atoms with E-state index in [-0.39, 0.29) is 24.4 Å². The van der Waals surface area contributed by atoms with Gasteiger partial charge in [0.2, 0.25) is 11.8 Å². The van der Waals surface area contributed by atoms with Gasteiger partial charge in [-0.15, -0.1) is 0 Å². The first-order valence-electron chi connectivity index (χ1n) is 14.2. The van der Waals surface area contributed by atoms with Crippen LogP contribution in [0.4, 0.5) is 0 Å². The molecule has 0 spiro atoms. The molecular weight excluding hydrogens is 554 g/mol. The molecule has 222 valence electrons. The van der Waals surface area contributed by atoms with Gasteiger partial charge in [0.25, 0.3) is 0 Å². The minimum Gasteiger partial charge on any atom is -0.494 e. The summed E-state index contributed by atoms with van der Waals surface area (Å²) in [6.07, 6.45) is 2.68. The molecule has 0 aliphatic carbocycles. The summed E-state index contributed by atoms with van der Waals surface area (Å²) in [4.78, 5) is 29.1. The monoisotopic (exact) mass is 591 g/mol. The number of amides is 2. The van der Waals surface area contributed by atoms with Gasteiger partial charge in [0.1, 0.15) is 18.1 Å². The molecule has 3 aromatic carbocycles. The fraction of sp³-hybridized carbons (Fsp3) is 0.375. The predicted octanol–water partition coefficient (Wildman–Crippen LogP) is 3.36. The molecule has 3 aromatic rings. The third-order valence-electron chi connectivity index (χ3n) is 7.65. The van der Waals surface area contributed by atoms with Crippen molar-refractivity contribution >= 4 is 21.7 Å². The topological polar surface area (TPSA) is 105 Å². The first-order chi connectivity index (χ1) is 20.2. The van der Waals surface area contributed by atoms with E-state index in [2.05, 4.69) is 16.3 Å². The Morgan fingerprint density at radius 1 is 0.929 bits per heavy atom. The number of rotatable bonds is 5. The number of hydrogen-bond acceptors (Lipinski definition) is 7. The van der Waals surface area contributed by atoms with Gasteiger partial charge in [0.05, 0.1) is 24.1 Å². The number of carbonyl (C=O) groups is 2. The van der Waals surface area contributed by atoms with Crippen molar-refractivity contribution in [2.75, 3.05) is 45.6 Å². The van der Waals surface area contributed by atoms with Crippen LogP contribution < -0.4 is 14.8 Å². The molecule has 1 N–H and O–H groups in total. The summed E-state index contributed by atoms with van der Waals surface area (Å²) in [6, 6.07) is 20.7. The van der Waals surface area contributed by atoms with Crippen molar-refractivity contribution in [3.05, 3.63) is 89.0 Å². The lowest BCUT2D eigenvalue weighted by molar-refractivity contribution is -0.134. The smallest absolute Gasteiger partial charge is 0.242 e. The largest absolute Gasteiger partial charge is 0.494 e. The summed E-state index contributed by atoms with van der Waals surface area (Å²) < 4.78 is 36.1. The van der Waals surface area contributed by atoms with Crippen LogP contribution in [0.1, 0.15) is 41.6 Å². The van der Waals surface area contributed by atoms with E-state index in [0.717, 1.165) is 46.7 Å². The van der Waals surface area contributed by atoms with E-state index in [1.807, 2.05) is 53.4 Å². The van der Waals surface area contributed by atoms with Gasteiger partial charge < -0.3 is 19.7 Å². The van der Waals surface area contributed by atoms with Crippen molar-refractivity contribution < 1.29 is 27.5 Å². The van der Waals surface area contributed by atoms with Crippen LogP contribution in [0.5, 0.6) is 11.5 Å². The summed E-state index contributed by atoms with van der Waals surface area (Å²) in [6.45, 7) is 5.02. The Balaban J connectivity index is 1.39. The molecule has 6 bridgehead atoms. The zero-order valence-electron chi connectivity index (χ0n) is 24.0. The fourth-order valence-corrected chi connectivity index (χ4v) is 6.17. The Morgan fingerprint density at radius 2 is 1.69 bits per heavy atom. The summed E-state index contributed by atoms with van der Waals surface area (Å²) >= 11 is 0. The van der Waals surface area contributed by atoms with Crippen molar-refractivity contribution in [1.29, 1.82) is 0 Å². The molecule has 0 fully saturated rings. The fourth-order valence-electron chi connectivity index (χ4n) is 5.54. The average Bonchev–Trinajstić information content (AvgIpc) is 2.96. The van der Waals surface area contributed by atoms with Crippen molar-refractivity contribution in [3.8, 4) is 11.5 Å². The van der Waals surface area contributed by atoms with Crippen LogP contribution in [0, 0.1) is 0 Å². The average molecular weight is 592 g/mol. The Labute approximate surface area is 247 Å². The maximum absolute atomic E-state index is 13.2. The first kappa shape index (κ1) is 29.6. The van der Waals surface area contributed by atoms with Gasteiger partial charge >= 0.3 is 0 Å². The number of nitrogens with one attached hydrogen (secondary N) is 1. The third-order valence-corrected chi connectivity index (χ3v) is 8.78. The van der Waals surface area contributed by atoms with E-state index in [0.29, 0.717) is 44.2 Å². The molecule has 1 unspecified atom stereocenters. The van der Waals surface area contributed by atoms with Crippen LogP contribution >= 0.6 is 0 Å². The minimum atomic E-state index is -3.24. The lowest BCUT2D eigenvalue weighted by atomic mass is 9.87. The Kier molecular flexibility index (Phi) is 9.13. The van der Waals surface area contributed by atoms with Gasteiger partial charge in [0, 0.05) is 39.4 Å². The maximum Gasteiger partial charge on any atom is 0.242 e. The molecule has 0 saturated carbocycles. The molecule has 3 aliphatic rings. The van der Waals surface area contributed by atoms with Crippen LogP contribution in [0.15, 0.2) is 71.6 Å². The molecule has 0 aromatic heterocycles. The van der Waals surface area contributed by atoms with Gasteiger partial charge in [-0.3, -0.25) is 14.5 Å². The van der Waals surface area contributed by atoms with Gasteiger partial charge in [-0.25, -0.2) is 8.42 Å². The molecule has 6 rings (SSSR count). The molecule has 2 amide bonds. The van der Waals surface area contributed by atoms with Crippen molar-refractivity contribution in [2.24, 2.45) is 0 Å². The van der Waals surface area contributed by atoms with Crippen LogP contribution in [-0.4, -0.2) is 75.7 Å². The highest BCUT2D eigenvalue weighted by Gasteiger charge is 2.32. The minimum absolute atomic E-state index is 0.0447. The molecule has 3 aliphatic heterocycles. The van der Waals surface area contributed by atoms with Crippen molar-refractivity contribution in [1.82, 2.24) is 15.1 Å². The highest BCUT2D eigenvalue weighted by molar-refractivity contribution is 7.90. The van der Waals surface area contributed by atoms with Gasteiger partial charge in [-0.2, -0.15) is 0 Å². The number of nitrogens with zero attached hydrogens (tertiary/aromatic N) is 2. The number of ether oxygens (including phenoxy) is 2. The zero-order valence-corrected chi connectivity index (χ0v) is 24.9. The van der Waals surface area contributed by atoms with Gasteiger partial charge in [-0.05, 0) is 71.5 Å². The highest BCUT2D eigenvalue weighted by Crippen LogP contribution is 2.38. The predicted molar refractivity (Wildman–Crippen MR) is 159 cm³/mol. The zero-order chi connectivity index (χ0) is 29.7. The number of benzene rings is 3. The van der Waals surface area contributed by atoms with E-state index in [1.165, 1.54) is 13.2 Å². The molecule has 10 heteroatoms. The molecule has 42 heavy (non-hydrogen) atoms. The van der Waals surface area contributed by atoms with Crippen LogP contribution in [0.2, 0.25) is 0 Å². The highest BCUT2D eigenvalue weighted by atomic mass is 32.2. The van der Waals surface area contributed by atoms with Crippen LogP contribution in [0.25, 0.3) is 0 Å². The molecule has 9 nitrogen and oxygen atoms in total. The number of hydrogen-bond donors (Lipinski definition) is 1. The lowest BCUT2D eigenvalue weighted by Gasteiger charge is -2.38. The molecular formula is C32H37N3O6S. The standard InChI is InChI=1S/C32H37N3O6S/c1-23(36)33-21-31(37)35-15-13-25-19-28-9-12-30(25)32(35)26-5-3-6-27(20-26)40-17-4-14-34(16-18-41-28)22-24-7-10-29(11-8-24)42(2,38)39/h3,5-12,19-20,32H,4,13-18,21-22H2,1-2H3,(H,33,36). The maximum atomic E-state index is 13.2. The third kappa shape index (κ3) is 7.30. The lowest BCUT2D eigenvalue weighted by Crippen LogP contribution is -2.45. The van der Waals surface area contributed by atoms with Gasteiger partial charge in [-0.1, -0.05) is 30.3 Å². The number of carbonyl (C=O) groups excluding carboxylic acids is 2. The SMILES string of the molecule is CC(=O)NCC(=O)N1CCc2cc3ccc2C1c1cccc(c1)OCCCN(Cc1ccc(S(C)(=O)=O)cc1)CCO3. The number of sulfone groups is 1. The second kappa shape index (κ2) is 13.0. The Bertz CT molecular complexity index is 1540. The first-order valence-corrected chi connectivity index (χ1v) is 16.1. The van der Waals surface area contributed by atoms with E-state index in [1.54, 1.807) is 12.1 Å². The van der Waals surface area contributed by atoms with Gasteiger partial charge in [0.15, 0.2) is 9.84 Å². The normalized spacial score (nSPS) is 17.7. The van der Waals surface area contributed by atoms with Crippen LogP contribution in [-0.2, 0) is 32.4 Å². The summed E-state index contributed by atoms with van der Waals surface area (Å²) in [7, 11) is -3.24. The molecule has 0 radical (unpaired) electrons. The van der Waals surface area contributed by atoms with Crippen molar-refractivity contribution in [3.63, 3.8) is 0 Å². The van der Waals surface area contributed by atoms with Crippen molar-refractivity contribution in [2.45, 2.75) is 37.2 Å². The van der Waals surface area contributed by atoms with E-state index in [9.17, 15) is 18.0 Å². The Hall–Kier alpha value is -3.89. The second-order valence-corrected chi connectivity index (χ2v) is 12.8. The summed E-state index contributed by atoms with van der Waals surface area (Å²) in [5.74, 6) is 1.16. The molecule has 1 atom stereocenters. The summed E-state index contributed by atoms with van der Waals surface area (Å²) in [5.41, 5.74) is 4.14. The number of fused-ring (bicyclic) bond motifs is 8. The second-order valence-electron chi connectivity index (χ2n) is 10.8. The molecule has 0 saturated heterocycles.